The van der Waals surface area contributed by atoms with E-state index in [1.165, 1.54) is 5.69 Å². The summed E-state index contributed by atoms with van der Waals surface area (Å²) in [6, 6.07) is 26.1. The predicted octanol–water partition coefficient (Wildman–Crippen LogP) is 5.33. The van der Waals surface area contributed by atoms with Gasteiger partial charge in [0.15, 0.2) is 5.76 Å². The molecule has 6 rings (SSSR count). The average Bonchev–Trinajstić information content (AvgIpc) is 3.72. The number of likely N-dealkylation sites (tertiary alicyclic amines) is 1. The fraction of sp³-hybridized carbons (Fsp3) is 0.303. The Kier molecular flexibility index (Phi) is 8.09. The van der Waals surface area contributed by atoms with Crippen LogP contribution >= 0.6 is 0 Å². The molecule has 1 amide bonds. The number of nitrogens with one attached hydrogen (secondary N) is 1. The standard InChI is InChI=1S/C33H35N5O3/c1-34-32(29-8-5-17-38(29)31(39)22-24-6-3-2-4-7-24)36-27-13-9-26(10-14-27)33-35-23-30(41-33)25-11-15-28(16-12-25)37-18-20-40-21-19-37/h2-4,6-7,9-16,23,29H,5,8,17-22H2,1H3,(H,34,36)/t29-/m0/s1. The number of carbonyl (C=O) groups excluding carboxylic acids is 1. The van der Waals surface area contributed by atoms with Crippen LogP contribution in [0.1, 0.15) is 18.4 Å². The molecule has 1 atom stereocenters. The molecule has 8 nitrogen and oxygen atoms in total. The molecule has 0 spiro atoms. The van der Waals surface area contributed by atoms with Gasteiger partial charge < -0.3 is 24.3 Å². The Morgan fingerprint density at radius 1 is 0.951 bits per heavy atom. The number of benzene rings is 3. The Morgan fingerprint density at radius 3 is 2.41 bits per heavy atom. The minimum absolute atomic E-state index is 0.0557. The van der Waals surface area contributed by atoms with Gasteiger partial charge in [-0.1, -0.05) is 30.3 Å². The number of aromatic nitrogens is 1. The van der Waals surface area contributed by atoms with Gasteiger partial charge >= 0.3 is 0 Å². The molecule has 0 radical (unpaired) electrons. The number of carbonyl (C=O) groups is 1. The highest BCUT2D eigenvalue weighted by molar-refractivity contribution is 5.94. The van der Waals surface area contributed by atoms with Gasteiger partial charge in [0.2, 0.25) is 11.8 Å². The SMILES string of the molecule is CN/C(=N\c1ccc(-c2ncc(-c3ccc(N4CCOCC4)cc3)o2)cc1)[C@@H]1CCCN1C(=O)Cc1ccccc1. The van der Waals surface area contributed by atoms with E-state index in [4.69, 9.17) is 14.1 Å². The number of morpholine rings is 1. The monoisotopic (exact) mass is 549 g/mol. The lowest BCUT2D eigenvalue weighted by molar-refractivity contribution is -0.130. The third-order valence-electron chi connectivity index (χ3n) is 7.74. The molecule has 0 aliphatic carbocycles. The summed E-state index contributed by atoms with van der Waals surface area (Å²) in [5, 5.41) is 3.25. The van der Waals surface area contributed by atoms with Gasteiger partial charge in [0, 0.05) is 43.5 Å². The van der Waals surface area contributed by atoms with Crippen molar-refractivity contribution in [1.82, 2.24) is 15.2 Å². The lowest BCUT2D eigenvalue weighted by Crippen LogP contribution is -2.45. The predicted molar refractivity (Wildman–Crippen MR) is 161 cm³/mol. The van der Waals surface area contributed by atoms with Crippen molar-refractivity contribution in [1.29, 1.82) is 0 Å². The summed E-state index contributed by atoms with van der Waals surface area (Å²) in [6.45, 7) is 4.10. The van der Waals surface area contributed by atoms with Crippen LogP contribution in [0, 0.1) is 0 Å². The molecule has 2 saturated heterocycles. The minimum atomic E-state index is -0.0557. The first-order valence-corrected chi connectivity index (χ1v) is 14.3. The number of oxazole rings is 1. The molecule has 4 aromatic rings. The van der Waals surface area contributed by atoms with Crippen LogP contribution in [0.4, 0.5) is 11.4 Å². The van der Waals surface area contributed by atoms with Gasteiger partial charge in [-0.3, -0.25) is 4.79 Å². The van der Waals surface area contributed by atoms with E-state index >= 15 is 0 Å². The van der Waals surface area contributed by atoms with Gasteiger partial charge in [-0.05, 0) is 66.9 Å². The summed E-state index contributed by atoms with van der Waals surface area (Å²) in [7, 11) is 1.87. The molecule has 0 bridgehead atoms. The third kappa shape index (κ3) is 6.18. The van der Waals surface area contributed by atoms with Crippen LogP contribution in [0.2, 0.25) is 0 Å². The smallest absolute Gasteiger partial charge is 0.227 e. The Hall–Kier alpha value is -4.43. The molecule has 2 fully saturated rings. The molecular formula is C33H35N5O3. The van der Waals surface area contributed by atoms with Crippen LogP contribution in [0.15, 0.2) is 94.5 Å². The summed E-state index contributed by atoms with van der Waals surface area (Å²) >= 11 is 0. The first-order chi connectivity index (χ1) is 20.2. The van der Waals surface area contributed by atoms with Crippen molar-refractivity contribution in [2.24, 2.45) is 4.99 Å². The van der Waals surface area contributed by atoms with Crippen molar-refractivity contribution in [3.8, 4) is 22.8 Å². The quantitative estimate of drug-likeness (QED) is 0.248. The summed E-state index contributed by atoms with van der Waals surface area (Å²) in [4.78, 5) is 26.8. The Morgan fingerprint density at radius 2 is 1.68 bits per heavy atom. The minimum Gasteiger partial charge on any atom is -0.436 e. The van der Waals surface area contributed by atoms with E-state index in [0.29, 0.717) is 12.3 Å². The van der Waals surface area contributed by atoms with Crippen molar-refractivity contribution in [2.75, 3.05) is 44.8 Å². The molecule has 1 N–H and O–H groups in total. The van der Waals surface area contributed by atoms with Gasteiger partial charge in [-0.25, -0.2) is 9.98 Å². The largest absolute Gasteiger partial charge is 0.436 e. The normalized spacial score (nSPS) is 17.6. The first-order valence-electron chi connectivity index (χ1n) is 14.3. The number of amides is 1. The van der Waals surface area contributed by atoms with Crippen LogP contribution in [-0.2, 0) is 16.0 Å². The van der Waals surface area contributed by atoms with E-state index in [1.54, 1.807) is 6.20 Å². The zero-order valence-corrected chi connectivity index (χ0v) is 23.3. The van der Waals surface area contributed by atoms with E-state index in [1.807, 2.05) is 66.5 Å². The average molecular weight is 550 g/mol. The molecule has 3 aromatic carbocycles. The number of amidine groups is 1. The molecule has 210 valence electrons. The third-order valence-corrected chi connectivity index (χ3v) is 7.74. The number of anilines is 1. The molecule has 41 heavy (non-hydrogen) atoms. The number of hydrogen-bond donors (Lipinski definition) is 1. The maximum atomic E-state index is 13.1. The van der Waals surface area contributed by atoms with Gasteiger partial charge in [0.25, 0.3) is 0 Å². The van der Waals surface area contributed by atoms with Crippen molar-refractivity contribution >= 4 is 23.1 Å². The second-order valence-electron chi connectivity index (χ2n) is 10.4. The number of nitrogens with zero attached hydrogens (tertiary/aromatic N) is 4. The van der Waals surface area contributed by atoms with Crippen molar-refractivity contribution < 1.29 is 13.9 Å². The molecule has 1 aromatic heterocycles. The fourth-order valence-corrected chi connectivity index (χ4v) is 5.54. The zero-order valence-electron chi connectivity index (χ0n) is 23.3. The molecule has 3 heterocycles. The Bertz CT molecular complexity index is 1480. The number of hydrogen-bond acceptors (Lipinski definition) is 6. The summed E-state index contributed by atoms with van der Waals surface area (Å²) in [5.41, 5.74) is 4.90. The fourth-order valence-electron chi connectivity index (χ4n) is 5.54. The van der Waals surface area contributed by atoms with E-state index in [2.05, 4.69) is 39.5 Å². The van der Waals surface area contributed by atoms with Crippen molar-refractivity contribution in [3.63, 3.8) is 0 Å². The molecular weight excluding hydrogens is 514 g/mol. The zero-order chi connectivity index (χ0) is 28.0. The van der Waals surface area contributed by atoms with Crippen LogP contribution in [-0.4, -0.2) is 67.6 Å². The number of likely N-dealkylation sites (N-methyl/N-ethyl adjacent to an activating group) is 1. The first kappa shape index (κ1) is 26.8. The Balaban J connectivity index is 1.13. The van der Waals surface area contributed by atoms with Crippen LogP contribution in [0.3, 0.4) is 0 Å². The molecule has 0 unspecified atom stereocenters. The van der Waals surface area contributed by atoms with Crippen molar-refractivity contribution in [3.05, 3.63) is 90.6 Å². The van der Waals surface area contributed by atoms with Gasteiger partial charge in [0.05, 0.1) is 37.6 Å². The highest BCUT2D eigenvalue weighted by atomic mass is 16.5. The second kappa shape index (κ2) is 12.4. The molecule has 2 aliphatic rings. The lowest BCUT2D eigenvalue weighted by Gasteiger charge is -2.28. The van der Waals surface area contributed by atoms with E-state index < -0.39 is 0 Å². The highest BCUT2D eigenvalue weighted by Gasteiger charge is 2.32. The highest BCUT2D eigenvalue weighted by Crippen LogP contribution is 2.29. The maximum absolute atomic E-state index is 13.1. The number of rotatable bonds is 7. The Labute approximate surface area is 240 Å². The van der Waals surface area contributed by atoms with Gasteiger partial charge in [0.1, 0.15) is 5.84 Å². The van der Waals surface area contributed by atoms with Gasteiger partial charge in [-0.15, -0.1) is 0 Å². The molecule has 8 heteroatoms. The molecule has 2 aliphatic heterocycles. The van der Waals surface area contributed by atoms with E-state index in [0.717, 1.165) is 79.7 Å². The summed E-state index contributed by atoms with van der Waals surface area (Å²) in [5.74, 6) is 2.23. The lowest BCUT2D eigenvalue weighted by atomic mass is 10.1. The summed E-state index contributed by atoms with van der Waals surface area (Å²) in [6.07, 6.45) is 4.03. The second-order valence-corrected chi connectivity index (χ2v) is 10.4. The molecule has 0 saturated carbocycles. The van der Waals surface area contributed by atoms with Crippen LogP contribution < -0.4 is 10.2 Å². The van der Waals surface area contributed by atoms with E-state index in [9.17, 15) is 4.79 Å². The van der Waals surface area contributed by atoms with Gasteiger partial charge in [-0.2, -0.15) is 0 Å². The van der Waals surface area contributed by atoms with Crippen molar-refractivity contribution in [2.45, 2.75) is 25.3 Å². The van der Waals surface area contributed by atoms with E-state index in [-0.39, 0.29) is 11.9 Å². The number of aliphatic imine (C=N–C) groups is 1. The van der Waals surface area contributed by atoms with Crippen LogP contribution in [0.25, 0.3) is 22.8 Å². The summed E-state index contributed by atoms with van der Waals surface area (Å²) < 4.78 is 11.6. The maximum Gasteiger partial charge on any atom is 0.227 e. The van der Waals surface area contributed by atoms with Crippen LogP contribution in [0.5, 0.6) is 0 Å². The topological polar surface area (TPSA) is 83.2 Å². The number of ether oxygens (including phenoxy) is 1.